The van der Waals surface area contributed by atoms with Gasteiger partial charge in [-0.15, -0.1) is 11.3 Å². The van der Waals surface area contributed by atoms with Crippen LogP contribution in [0.2, 0.25) is 0 Å². The first-order valence-corrected chi connectivity index (χ1v) is 8.00. The van der Waals surface area contributed by atoms with Gasteiger partial charge in [-0.25, -0.2) is 0 Å². The van der Waals surface area contributed by atoms with E-state index >= 15 is 0 Å². The van der Waals surface area contributed by atoms with Crippen LogP contribution in [0.25, 0.3) is 0 Å². The summed E-state index contributed by atoms with van der Waals surface area (Å²) >= 11 is 7.82. The van der Waals surface area contributed by atoms with E-state index in [4.69, 9.17) is 0 Å². The molecule has 1 N–H and O–H groups in total. The maximum Gasteiger partial charge on any atom is 0.0679 e. The first kappa shape index (κ1) is 13.5. The maximum atomic E-state index is 3.59. The minimum atomic E-state index is 0.276. The highest BCUT2D eigenvalue weighted by Crippen LogP contribution is 2.34. The summed E-state index contributed by atoms with van der Waals surface area (Å²) in [5.41, 5.74) is 1.34. The third-order valence-corrected chi connectivity index (χ3v) is 5.85. The molecule has 1 aromatic heterocycles. The topological polar surface area (TPSA) is 12.0 Å². The fraction of sp³-hybridized carbons (Fsp3) is 0.231. The van der Waals surface area contributed by atoms with Crippen LogP contribution in [-0.4, -0.2) is 7.05 Å². The minimum absolute atomic E-state index is 0.276. The predicted octanol–water partition coefficient (Wildman–Crippen LogP) is 4.73. The summed E-state index contributed by atoms with van der Waals surface area (Å²) in [4.78, 5) is 2.67. The van der Waals surface area contributed by atoms with Gasteiger partial charge in [0.05, 0.1) is 6.04 Å². The smallest absolute Gasteiger partial charge is 0.0679 e. The van der Waals surface area contributed by atoms with E-state index in [9.17, 15) is 0 Å². The van der Waals surface area contributed by atoms with Crippen molar-refractivity contribution in [2.24, 2.45) is 0 Å². The van der Waals surface area contributed by atoms with Crippen LogP contribution in [0.3, 0.4) is 0 Å². The van der Waals surface area contributed by atoms with Gasteiger partial charge in [0.15, 0.2) is 0 Å². The molecule has 0 saturated heterocycles. The number of hydrogen-bond donors (Lipinski definition) is 1. The van der Waals surface area contributed by atoms with E-state index in [0.29, 0.717) is 0 Å². The van der Waals surface area contributed by atoms with Gasteiger partial charge in [0.1, 0.15) is 0 Å². The highest BCUT2D eigenvalue weighted by molar-refractivity contribution is 14.1. The molecular weight excluding hydrogens is 409 g/mol. The normalized spacial score (nSPS) is 12.7. The molecule has 4 heteroatoms. The zero-order valence-electron chi connectivity index (χ0n) is 9.63. The third-order valence-electron chi connectivity index (χ3n) is 2.67. The van der Waals surface area contributed by atoms with Crippen molar-refractivity contribution in [1.82, 2.24) is 5.32 Å². The van der Waals surface area contributed by atoms with Crippen LogP contribution in [0.4, 0.5) is 0 Å². The minimum Gasteiger partial charge on any atom is -0.309 e. The summed E-state index contributed by atoms with van der Waals surface area (Å²) in [6.07, 6.45) is 0. The molecule has 0 aliphatic rings. The van der Waals surface area contributed by atoms with Gasteiger partial charge in [0.2, 0.25) is 0 Å². The van der Waals surface area contributed by atoms with Crippen molar-refractivity contribution < 1.29 is 0 Å². The van der Waals surface area contributed by atoms with Crippen molar-refractivity contribution in [1.29, 1.82) is 0 Å². The molecule has 0 aliphatic heterocycles. The zero-order chi connectivity index (χ0) is 12.4. The second-order valence-corrected chi connectivity index (χ2v) is 7.10. The number of hydrogen-bond acceptors (Lipinski definition) is 2. The first-order chi connectivity index (χ1) is 8.13. The van der Waals surface area contributed by atoms with Gasteiger partial charge in [-0.3, -0.25) is 0 Å². The Morgan fingerprint density at radius 2 is 2.06 bits per heavy atom. The van der Waals surface area contributed by atoms with E-state index in [1.807, 2.05) is 18.4 Å². The van der Waals surface area contributed by atoms with Gasteiger partial charge < -0.3 is 5.32 Å². The average molecular weight is 422 g/mol. The molecule has 1 atom stereocenters. The standard InChI is InChI=1S/C13H13BrINS/c1-8-10(14)7-12(17-8)13(16-2)9-5-3-4-6-11(9)15/h3-7,13,16H,1-2H3. The number of thiophene rings is 1. The number of halogens is 2. The van der Waals surface area contributed by atoms with E-state index in [0.717, 1.165) is 0 Å². The molecule has 1 unspecified atom stereocenters. The van der Waals surface area contributed by atoms with Crippen molar-refractivity contribution >= 4 is 49.9 Å². The zero-order valence-corrected chi connectivity index (χ0v) is 14.2. The summed E-state index contributed by atoms with van der Waals surface area (Å²) in [7, 11) is 2.01. The highest BCUT2D eigenvalue weighted by Gasteiger charge is 2.17. The van der Waals surface area contributed by atoms with Crippen LogP contribution in [0, 0.1) is 10.5 Å². The van der Waals surface area contributed by atoms with Gasteiger partial charge in [0, 0.05) is 17.8 Å². The lowest BCUT2D eigenvalue weighted by molar-refractivity contribution is 0.700. The molecule has 0 fully saturated rings. The number of rotatable bonds is 3. The van der Waals surface area contributed by atoms with Crippen molar-refractivity contribution in [2.75, 3.05) is 7.05 Å². The van der Waals surface area contributed by atoms with Crippen LogP contribution in [-0.2, 0) is 0 Å². The molecule has 2 rings (SSSR count). The van der Waals surface area contributed by atoms with E-state index in [2.05, 4.69) is 81.1 Å². The Hall–Kier alpha value is 0.0900. The van der Waals surface area contributed by atoms with Crippen LogP contribution >= 0.6 is 49.9 Å². The molecule has 0 spiro atoms. The van der Waals surface area contributed by atoms with Crippen LogP contribution in [0.1, 0.15) is 21.4 Å². The predicted molar refractivity (Wildman–Crippen MR) is 86.8 cm³/mol. The Labute approximate surface area is 128 Å². The van der Waals surface area contributed by atoms with E-state index in [-0.39, 0.29) is 6.04 Å². The lowest BCUT2D eigenvalue weighted by atomic mass is 10.1. The SMILES string of the molecule is CNC(c1cc(Br)c(C)s1)c1ccccc1I. The van der Waals surface area contributed by atoms with Gasteiger partial charge in [-0.1, -0.05) is 18.2 Å². The number of aryl methyl sites for hydroxylation is 1. The Bertz CT molecular complexity index is 504. The fourth-order valence-corrected chi connectivity index (χ4v) is 4.17. The molecule has 1 heterocycles. The molecule has 0 amide bonds. The summed E-state index contributed by atoms with van der Waals surface area (Å²) in [6, 6.07) is 11.0. The Morgan fingerprint density at radius 3 is 2.59 bits per heavy atom. The largest absolute Gasteiger partial charge is 0.309 e. The number of benzene rings is 1. The van der Waals surface area contributed by atoms with Gasteiger partial charge in [-0.2, -0.15) is 0 Å². The van der Waals surface area contributed by atoms with Gasteiger partial charge >= 0.3 is 0 Å². The monoisotopic (exact) mass is 421 g/mol. The number of nitrogens with one attached hydrogen (secondary N) is 1. The second-order valence-electron chi connectivity index (χ2n) is 3.80. The molecule has 17 heavy (non-hydrogen) atoms. The summed E-state index contributed by atoms with van der Waals surface area (Å²) in [6.45, 7) is 2.14. The molecule has 0 radical (unpaired) electrons. The van der Waals surface area contributed by atoms with E-state index < -0.39 is 0 Å². The average Bonchev–Trinajstić information content (AvgIpc) is 2.63. The first-order valence-electron chi connectivity index (χ1n) is 5.31. The van der Waals surface area contributed by atoms with Crippen LogP contribution in [0.5, 0.6) is 0 Å². The highest BCUT2D eigenvalue weighted by atomic mass is 127. The van der Waals surface area contributed by atoms with E-state index in [1.165, 1.54) is 23.4 Å². The Balaban J connectivity index is 2.44. The molecule has 0 aliphatic carbocycles. The molecule has 1 aromatic carbocycles. The van der Waals surface area contributed by atoms with Crippen molar-refractivity contribution in [3.63, 3.8) is 0 Å². The van der Waals surface area contributed by atoms with Gasteiger partial charge in [0.25, 0.3) is 0 Å². The summed E-state index contributed by atoms with van der Waals surface area (Å²) in [5, 5.41) is 3.40. The molecule has 2 aromatic rings. The van der Waals surface area contributed by atoms with Crippen LogP contribution < -0.4 is 5.32 Å². The summed E-state index contributed by atoms with van der Waals surface area (Å²) in [5.74, 6) is 0. The lowest BCUT2D eigenvalue weighted by Crippen LogP contribution is -2.17. The molecule has 1 nitrogen and oxygen atoms in total. The van der Waals surface area contributed by atoms with Crippen LogP contribution in [0.15, 0.2) is 34.8 Å². The Kier molecular flexibility index (Phi) is 4.63. The molecule has 0 bridgehead atoms. The van der Waals surface area contributed by atoms with Crippen molar-refractivity contribution in [3.05, 3.63) is 53.7 Å². The summed E-state index contributed by atoms with van der Waals surface area (Å²) < 4.78 is 2.50. The van der Waals surface area contributed by atoms with Crippen molar-refractivity contribution in [2.45, 2.75) is 13.0 Å². The van der Waals surface area contributed by atoms with E-state index in [1.54, 1.807) is 0 Å². The third kappa shape index (κ3) is 2.92. The molecule has 90 valence electrons. The Morgan fingerprint density at radius 1 is 1.35 bits per heavy atom. The van der Waals surface area contributed by atoms with Gasteiger partial charge in [-0.05, 0) is 70.2 Å². The van der Waals surface area contributed by atoms with Crippen molar-refractivity contribution in [3.8, 4) is 0 Å². The molecular formula is C13H13BrINS. The quantitative estimate of drug-likeness (QED) is 0.706. The lowest BCUT2D eigenvalue weighted by Gasteiger charge is -2.16. The fourth-order valence-electron chi connectivity index (χ4n) is 1.78. The molecule has 0 saturated carbocycles. The maximum absolute atomic E-state index is 3.59. The second kappa shape index (κ2) is 5.82.